The molecule has 0 aliphatic rings. The molecule has 1 heterocycles. The summed E-state index contributed by atoms with van der Waals surface area (Å²) < 4.78 is 5.51. The topological polar surface area (TPSA) is 93.3 Å². The number of nitrogen functional groups attached to an aromatic ring is 1. The van der Waals surface area contributed by atoms with Crippen LogP contribution in [0.15, 0.2) is 6.33 Å². The molecule has 108 valence electrons. The van der Waals surface area contributed by atoms with E-state index in [1.54, 1.807) is 0 Å². The van der Waals surface area contributed by atoms with Crippen LogP contribution in [-0.4, -0.2) is 34.3 Å². The summed E-state index contributed by atoms with van der Waals surface area (Å²) in [5.74, 6) is 0.962. The smallest absolute Gasteiger partial charge is 0.242 e. The minimum atomic E-state index is -0.0365. The number of aromatic nitrogens is 2. The first-order valence-corrected chi connectivity index (χ1v) is 6.47. The van der Waals surface area contributed by atoms with Crippen LogP contribution in [0.1, 0.15) is 34.1 Å². The summed E-state index contributed by atoms with van der Waals surface area (Å²) in [5.41, 5.74) is 6.35. The van der Waals surface area contributed by atoms with Crippen LogP contribution in [0.2, 0.25) is 0 Å². The highest BCUT2D eigenvalue weighted by molar-refractivity contribution is 5.66. The molecule has 0 atom stereocenters. The minimum absolute atomic E-state index is 0.0101. The second kappa shape index (κ2) is 6.56. The molecule has 6 heteroatoms. The third-order valence-corrected chi connectivity index (χ3v) is 2.72. The molecule has 0 saturated heterocycles. The maximum Gasteiger partial charge on any atom is 0.242 e. The monoisotopic (exact) mass is 268 g/mol. The molecule has 0 aliphatic heterocycles. The van der Waals surface area contributed by atoms with Crippen molar-refractivity contribution < 1.29 is 9.84 Å². The Hall–Kier alpha value is -1.56. The fourth-order valence-corrected chi connectivity index (χ4v) is 1.55. The third kappa shape index (κ3) is 4.90. The molecule has 6 nitrogen and oxygen atoms in total. The fraction of sp³-hybridized carbons (Fsp3) is 0.692. The molecule has 0 unspecified atom stereocenters. The Morgan fingerprint density at radius 3 is 2.68 bits per heavy atom. The van der Waals surface area contributed by atoms with Gasteiger partial charge < -0.3 is 20.9 Å². The van der Waals surface area contributed by atoms with Crippen LogP contribution in [0.25, 0.3) is 0 Å². The zero-order valence-corrected chi connectivity index (χ0v) is 12.1. The number of nitrogens with two attached hydrogens (primary N) is 1. The molecule has 0 spiro atoms. The average molecular weight is 268 g/mol. The summed E-state index contributed by atoms with van der Waals surface area (Å²) in [5, 5.41) is 12.2. The van der Waals surface area contributed by atoms with Crippen molar-refractivity contribution in [3.8, 4) is 5.88 Å². The van der Waals surface area contributed by atoms with Gasteiger partial charge in [0.05, 0.1) is 6.10 Å². The summed E-state index contributed by atoms with van der Waals surface area (Å²) in [7, 11) is 0. The molecule has 0 saturated carbocycles. The van der Waals surface area contributed by atoms with E-state index < -0.39 is 0 Å². The SMILES string of the molecule is CC(C)Oc1ncnc(NCC(C)(C)CCO)c1N. The first-order chi connectivity index (χ1) is 8.85. The number of hydrogen-bond donors (Lipinski definition) is 3. The van der Waals surface area contributed by atoms with Crippen molar-refractivity contribution in [3.05, 3.63) is 6.33 Å². The molecule has 0 amide bonds. The van der Waals surface area contributed by atoms with Gasteiger partial charge >= 0.3 is 0 Å². The molecular weight excluding hydrogens is 244 g/mol. The van der Waals surface area contributed by atoms with E-state index in [0.29, 0.717) is 30.4 Å². The number of anilines is 2. The molecule has 1 rings (SSSR count). The van der Waals surface area contributed by atoms with Crippen LogP contribution in [0, 0.1) is 5.41 Å². The van der Waals surface area contributed by atoms with Gasteiger partial charge in [0.15, 0.2) is 5.82 Å². The summed E-state index contributed by atoms with van der Waals surface area (Å²) >= 11 is 0. The lowest BCUT2D eigenvalue weighted by Crippen LogP contribution is -2.25. The van der Waals surface area contributed by atoms with Gasteiger partial charge in [-0.25, -0.2) is 4.98 Å². The van der Waals surface area contributed by atoms with Crippen LogP contribution < -0.4 is 15.8 Å². The summed E-state index contributed by atoms with van der Waals surface area (Å²) in [6, 6.07) is 0. The van der Waals surface area contributed by atoms with Crippen molar-refractivity contribution in [1.29, 1.82) is 0 Å². The van der Waals surface area contributed by atoms with Gasteiger partial charge in [-0.15, -0.1) is 0 Å². The lowest BCUT2D eigenvalue weighted by atomic mass is 9.90. The normalized spacial score (nSPS) is 11.7. The Balaban J connectivity index is 2.74. The van der Waals surface area contributed by atoms with Gasteiger partial charge in [-0.3, -0.25) is 0 Å². The van der Waals surface area contributed by atoms with Crippen molar-refractivity contribution in [2.75, 3.05) is 24.2 Å². The van der Waals surface area contributed by atoms with Gasteiger partial charge in [-0.2, -0.15) is 4.98 Å². The molecule has 0 aromatic carbocycles. The van der Waals surface area contributed by atoms with Crippen molar-refractivity contribution in [2.24, 2.45) is 5.41 Å². The van der Waals surface area contributed by atoms with E-state index in [1.807, 2.05) is 13.8 Å². The van der Waals surface area contributed by atoms with Crippen molar-refractivity contribution in [1.82, 2.24) is 9.97 Å². The van der Waals surface area contributed by atoms with Crippen LogP contribution in [0.3, 0.4) is 0 Å². The molecule has 4 N–H and O–H groups in total. The van der Waals surface area contributed by atoms with E-state index in [0.717, 1.165) is 0 Å². The summed E-state index contributed by atoms with van der Waals surface area (Å²) in [6.45, 7) is 8.79. The van der Waals surface area contributed by atoms with Gasteiger partial charge in [-0.05, 0) is 25.7 Å². The van der Waals surface area contributed by atoms with E-state index in [2.05, 4.69) is 29.1 Å². The average Bonchev–Trinajstić information content (AvgIpc) is 2.29. The Labute approximate surface area is 114 Å². The van der Waals surface area contributed by atoms with Gasteiger partial charge in [-0.1, -0.05) is 13.8 Å². The van der Waals surface area contributed by atoms with Crippen LogP contribution in [0.4, 0.5) is 11.5 Å². The van der Waals surface area contributed by atoms with Gasteiger partial charge in [0.1, 0.15) is 12.0 Å². The fourth-order valence-electron chi connectivity index (χ4n) is 1.55. The molecule has 1 aromatic rings. The quantitative estimate of drug-likeness (QED) is 0.696. The number of nitrogens with zero attached hydrogens (tertiary/aromatic N) is 2. The number of aliphatic hydroxyl groups is 1. The Morgan fingerprint density at radius 1 is 1.42 bits per heavy atom. The third-order valence-electron chi connectivity index (χ3n) is 2.72. The highest BCUT2D eigenvalue weighted by Gasteiger charge is 2.18. The van der Waals surface area contributed by atoms with E-state index in [4.69, 9.17) is 15.6 Å². The first kappa shape index (κ1) is 15.5. The number of rotatable bonds is 7. The molecule has 0 radical (unpaired) electrons. The zero-order chi connectivity index (χ0) is 14.5. The number of hydrogen-bond acceptors (Lipinski definition) is 6. The highest BCUT2D eigenvalue weighted by Crippen LogP contribution is 2.27. The minimum Gasteiger partial charge on any atom is -0.473 e. The van der Waals surface area contributed by atoms with E-state index in [-0.39, 0.29) is 18.1 Å². The highest BCUT2D eigenvalue weighted by atomic mass is 16.5. The maximum absolute atomic E-state index is 9.00. The standard InChI is InChI=1S/C13H24N4O2/c1-9(2)19-12-10(14)11(16-8-17-12)15-7-13(3,4)5-6-18/h8-9,18H,5-7,14H2,1-4H3,(H,15,16,17). The molecule has 0 aliphatic carbocycles. The first-order valence-electron chi connectivity index (χ1n) is 6.47. The van der Waals surface area contributed by atoms with Gasteiger partial charge in [0.2, 0.25) is 5.88 Å². The lowest BCUT2D eigenvalue weighted by Gasteiger charge is -2.24. The second-order valence-electron chi connectivity index (χ2n) is 5.60. The number of nitrogens with one attached hydrogen (secondary N) is 1. The van der Waals surface area contributed by atoms with E-state index in [9.17, 15) is 0 Å². The van der Waals surface area contributed by atoms with Crippen molar-refractivity contribution >= 4 is 11.5 Å². The molecular formula is C13H24N4O2. The lowest BCUT2D eigenvalue weighted by molar-refractivity contribution is 0.219. The van der Waals surface area contributed by atoms with E-state index in [1.165, 1.54) is 6.33 Å². The largest absolute Gasteiger partial charge is 0.473 e. The molecule has 0 fully saturated rings. The Kier molecular flexibility index (Phi) is 5.35. The predicted molar refractivity (Wildman–Crippen MR) is 76.2 cm³/mol. The Morgan fingerprint density at radius 2 is 2.11 bits per heavy atom. The van der Waals surface area contributed by atoms with Gasteiger partial charge in [0.25, 0.3) is 0 Å². The van der Waals surface area contributed by atoms with Crippen LogP contribution in [0.5, 0.6) is 5.88 Å². The van der Waals surface area contributed by atoms with Crippen molar-refractivity contribution in [3.63, 3.8) is 0 Å². The molecule has 19 heavy (non-hydrogen) atoms. The zero-order valence-electron chi connectivity index (χ0n) is 12.1. The second-order valence-corrected chi connectivity index (χ2v) is 5.60. The van der Waals surface area contributed by atoms with E-state index >= 15 is 0 Å². The Bertz CT molecular complexity index is 408. The molecule has 1 aromatic heterocycles. The summed E-state index contributed by atoms with van der Waals surface area (Å²) in [4.78, 5) is 8.14. The maximum atomic E-state index is 9.00. The summed E-state index contributed by atoms with van der Waals surface area (Å²) in [6.07, 6.45) is 2.14. The number of ether oxygens (including phenoxy) is 1. The molecule has 0 bridgehead atoms. The predicted octanol–water partition coefficient (Wildman–Crippen LogP) is 1.67. The van der Waals surface area contributed by atoms with Gasteiger partial charge in [0, 0.05) is 13.2 Å². The number of aliphatic hydroxyl groups excluding tert-OH is 1. The van der Waals surface area contributed by atoms with Crippen molar-refractivity contribution in [2.45, 2.75) is 40.2 Å². The van der Waals surface area contributed by atoms with Crippen LogP contribution >= 0.6 is 0 Å². The van der Waals surface area contributed by atoms with Crippen LogP contribution in [-0.2, 0) is 0 Å².